The number of sulfonamides is 1. The van der Waals surface area contributed by atoms with Gasteiger partial charge < -0.3 is 14.0 Å². The van der Waals surface area contributed by atoms with Gasteiger partial charge in [0.15, 0.2) is 11.5 Å². The highest BCUT2D eigenvalue weighted by Crippen LogP contribution is 2.39. The van der Waals surface area contributed by atoms with Crippen LogP contribution in [0.5, 0.6) is 11.5 Å². The SMILES string of the molecule is O=S(=O)(c1ccc2c(c1)OCCO2)N1CCn2cccc2C1c1ccc(Cl)cc1. The number of hydrogen-bond acceptors (Lipinski definition) is 4. The lowest BCUT2D eigenvalue weighted by molar-refractivity contribution is 0.171. The number of rotatable bonds is 3. The standard InChI is InChI=1S/C21H19ClN2O4S/c22-16-5-3-15(4-6-16)21-18-2-1-9-23(18)10-11-24(21)29(25,26)17-7-8-19-20(14-17)28-13-12-27-19/h1-9,14,21H,10-13H2. The molecule has 0 amide bonds. The smallest absolute Gasteiger partial charge is 0.244 e. The van der Waals surface area contributed by atoms with E-state index in [0.29, 0.717) is 42.8 Å². The molecule has 5 rings (SSSR count). The van der Waals surface area contributed by atoms with Crippen LogP contribution in [0.4, 0.5) is 0 Å². The molecule has 0 radical (unpaired) electrons. The molecule has 0 aliphatic carbocycles. The number of benzene rings is 2. The second kappa shape index (κ2) is 7.09. The van der Waals surface area contributed by atoms with Crippen molar-refractivity contribution in [3.63, 3.8) is 0 Å². The molecule has 1 unspecified atom stereocenters. The van der Waals surface area contributed by atoms with Gasteiger partial charge in [-0.1, -0.05) is 23.7 Å². The second-order valence-electron chi connectivity index (χ2n) is 7.00. The lowest BCUT2D eigenvalue weighted by atomic mass is 10.0. The molecule has 2 aromatic carbocycles. The van der Waals surface area contributed by atoms with Gasteiger partial charge in [0.25, 0.3) is 0 Å². The van der Waals surface area contributed by atoms with Crippen LogP contribution < -0.4 is 9.47 Å². The number of hydrogen-bond donors (Lipinski definition) is 0. The van der Waals surface area contributed by atoms with Crippen LogP contribution in [0.2, 0.25) is 5.02 Å². The molecule has 3 aromatic rings. The van der Waals surface area contributed by atoms with E-state index in [1.807, 2.05) is 30.5 Å². The lowest BCUT2D eigenvalue weighted by Gasteiger charge is -2.36. The van der Waals surface area contributed by atoms with Crippen LogP contribution in [0.15, 0.2) is 65.7 Å². The first-order chi connectivity index (χ1) is 14.0. The van der Waals surface area contributed by atoms with Crippen molar-refractivity contribution < 1.29 is 17.9 Å². The van der Waals surface area contributed by atoms with Crippen molar-refractivity contribution in [1.29, 1.82) is 0 Å². The van der Waals surface area contributed by atoms with Crippen LogP contribution in [-0.4, -0.2) is 37.0 Å². The molecular formula is C21H19ClN2O4S. The van der Waals surface area contributed by atoms with Crippen LogP contribution in [0.25, 0.3) is 0 Å². The average Bonchev–Trinajstić information content (AvgIpc) is 3.22. The predicted octanol–water partition coefficient (Wildman–Crippen LogP) is 3.71. The lowest BCUT2D eigenvalue weighted by Crippen LogP contribution is -2.42. The Hall–Kier alpha value is -2.48. The van der Waals surface area contributed by atoms with Crippen molar-refractivity contribution in [2.45, 2.75) is 17.5 Å². The van der Waals surface area contributed by atoms with E-state index in [0.717, 1.165) is 11.3 Å². The zero-order valence-electron chi connectivity index (χ0n) is 15.5. The van der Waals surface area contributed by atoms with Gasteiger partial charge in [-0.2, -0.15) is 4.31 Å². The Balaban J connectivity index is 1.60. The minimum Gasteiger partial charge on any atom is -0.486 e. The van der Waals surface area contributed by atoms with E-state index in [1.165, 1.54) is 0 Å². The third-order valence-corrected chi connectivity index (χ3v) is 7.41. The van der Waals surface area contributed by atoms with Crippen molar-refractivity contribution in [1.82, 2.24) is 8.87 Å². The van der Waals surface area contributed by atoms with E-state index >= 15 is 0 Å². The summed E-state index contributed by atoms with van der Waals surface area (Å²) < 4.78 is 42.1. The number of ether oxygens (including phenoxy) is 2. The fourth-order valence-electron chi connectivity index (χ4n) is 3.92. The summed E-state index contributed by atoms with van der Waals surface area (Å²) in [5.74, 6) is 1.03. The van der Waals surface area contributed by atoms with Gasteiger partial charge in [-0.15, -0.1) is 0 Å². The Morgan fingerprint density at radius 3 is 2.48 bits per heavy atom. The number of halogens is 1. The molecule has 1 atom stereocenters. The fraction of sp³-hybridized carbons (Fsp3) is 0.238. The normalized spacial score (nSPS) is 19.0. The predicted molar refractivity (Wildman–Crippen MR) is 109 cm³/mol. The van der Waals surface area contributed by atoms with E-state index in [2.05, 4.69) is 4.57 Å². The van der Waals surface area contributed by atoms with E-state index in [4.69, 9.17) is 21.1 Å². The van der Waals surface area contributed by atoms with Crippen LogP contribution in [0.3, 0.4) is 0 Å². The maximum atomic E-state index is 13.6. The summed E-state index contributed by atoms with van der Waals surface area (Å²) in [6.45, 7) is 1.82. The Morgan fingerprint density at radius 2 is 1.69 bits per heavy atom. The highest BCUT2D eigenvalue weighted by atomic mass is 35.5. The minimum absolute atomic E-state index is 0.195. The molecule has 0 bridgehead atoms. The molecule has 0 N–H and O–H groups in total. The third kappa shape index (κ3) is 3.19. The van der Waals surface area contributed by atoms with Gasteiger partial charge in [0.05, 0.1) is 10.9 Å². The van der Waals surface area contributed by atoms with Crippen LogP contribution in [-0.2, 0) is 16.6 Å². The van der Waals surface area contributed by atoms with Crippen LogP contribution in [0, 0.1) is 0 Å². The molecule has 8 heteroatoms. The summed E-state index contributed by atoms with van der Waals surface area (Å²) in [6.07, 6.45) is 1.98. The maximum absolute atomic E-state index is 13.6. The van der Waals surface area contributed by atoms with Gasteiger partial charge in [-0.3, -0.25) is 0 Å². The molecule has 29 heavy (non-hydrogen) atoms. The number of nitrogens with zero attached hydrogens (tertiary/aromatic N) is 2. The molecule has 0 spiro atoms. The summed E-state index contributed by atoms with van der Waals surface area (Å²) >= 11 is 6.06. The minimum atomic E-state index is -3.77. The van der Waals surface area contributed by atoms with Crippen molar-refractivity contribution in [2.24, 2.45) is 0 Å². The van der Waals surface area contributed by atoms with Gasteiger partial charge in [0, 0.05) is 36.1 Å². The van der Waals surface area contributed by atoms with E-state index < -0.39 is 16.1 Å². The Kier molecular flexibility index (Phi) is 4.53. The largest absolute Gasteiger partial charge is 0.486 e. The van der Waals surface area contributed by atoms with Crippen molar-refractivity contribution in [3.8, 4) is 11.5 Å². The highest BCUT2D eigenvalue weighted by Gasteiger charge is 2.38. The topological polar surface area (TPSA) is 60.8 Å². The molecule has 0 saturated carbocycles. The van der Waals surface area contributed by atoms with Gasteiger partial charge in [-0.25, -0.2) is 8.42 Å². The van der Waals surface area contributed by atoms with E-state index in [1.54, 1.807) is 34.6 Å². The molecule has 3 heterocycles. The summed E-state index contributed by atoms with van der Waals surface area (Å²) in [5.41, 5.74) is 1.80. The van der Waals surface area contributed by atoms with Crippen LogP contribution in [0.1, 0.15) is 17.3 Å². The molecular weight excluding hydrogens is 412 g/mol. The zero-order valence-corrected chi connectivity index (χ0v) is 17.1. The summed E-state index contributed by atoms with van der Waals surface area (Å²) in [7, 11) is -3.77. The molecule has 1 aromatic heterocycles. The average molecular weight is 431 g/mol. The Morgan fingerprint density at radius 1 is 0.931 bits per heavy atom. The zero-order chi connectivity index (χ0) is 20.0. The number of aromatic nitrogens is 1. The van der Waals surface area contributed by atoms with Gasteiger partial charge in [-0.05, 0) is 42.0 Å². The first kappa shape index (κ1) is 18.5. The molecule has 150 valence electrons. The Labute approximate surface area is 174 Å². The highest BCUT2D eigenvalue weighted by molar-refractivity contribution is 7.89. The third-order valence-electron chi connectivity index (χ3n) is 5.30. The van der Waals surface area contributed by atoms with E-state index in [9.17, 15) is 8.42 Å². The molecule has 0 fully saturated rings. The first-order valence-corrected chi connectivity index (χ1v) is 11.2. The summed E-state index contributed by atoms with van der Waals surface area (Å²) in [5, 5.41) is 0.612. The fourth-order valence-corrected chi connectivity index (χ4v) is 5.64. The van der Waals surface area contributed by atoms with Gasteiger partial charge in [0.1, 0.15) is 13.2 Å². The van der Waals surface area contributed by atoms with Crippen molar-refractivity contribution >= 4 is 21.6 Å². The van der Waals surface area contributed by atoms with Gasteiger partial charge >= 0.3 is 0 Å². The van der Waals surface area contributed by atoms with Crippen LogP contribution >= 0.6 is 11.6 Å². The summed E-state index contributed by atoms with van der Waals surface area (Å²) in [4.78, 5) is 0.195. The van der Waals surface area contributed by atoms with Gasteiger partial charge in [0.2, 0.25) is 10.0 Å². The summed E-state index contributed by atoms with van der Waals surface area (Å²) in [6, 6.07) is 15.6. The first-order valence-electron chi connectivity index (χ1n) is 9.36. The van der Waals surface area contributed by atoms with Crippen molar-refractivity contribution in [2.75, 3.05) is 19.8 Å². The monoisotopic (exact) mass is 430 g/mol. The van der Waals surface area contributed by atoms with E-state index in [-0.39, 0.29) is 4.90 Å². The molecule has 2 aliphatic rings. The second-order valence-corrected chi connectivity index (χ2v) is 9.33. The molecule has 0 saturated heterocycles. The van der Waals surface area contributed by atoms with Crippen molar-refractivity contribution in [3.05, 3.63) is 77.1 Å². The molecule has 2 aliphatic heterocycles. The maximum Gasteiger partial charge on any atom is 0.244 e. The Bertz CT molecular complexity index is 1160. The number of fused-ring (bicyclic) bond motifs is 2. The quantitative estimate of drug-likeness (QED) is 0.635. The molecule has 6 nitrogen and oxygen atoms in total.